The second kappa shape index (κ2) is 7.22. The molecule has 0 aliphatic carbocycles. The molecule has 1 unspecified atom stereocenters. The fraction of sp³-hybridized carbons (Fsp3) is 0.500. The van der Waals surface area contributed by atoms with E-state index in [0.29, 0.717) is 18.3 Å². The lowest BCUT2D eigenvalue weighted by Gasteiger charge is -2.19. The van der Waals surface area contributed by atoms with Gasteiger partial charge in [0.25, 0.3) is 0 Å². The smallest absolute Gasteiger partial charge is 0.312 e. The van der Waals surface area contributed by atoms with E-state index in [2.05, 4.69) is 12.6 Å². The third kappa shape index (κ3) is 4.44. The molecule has 0 fully saturated rings. The summed E-state index contributed by atoms with van der Waals surface area (Å²) in [5, 5.41) is 11.3. The average Bonchev–Trinajstić information content (AvgIpc) is 2.33. The number of halogens is 2. The first kappa shape index (κ1) is 16.4. The van der Waals surface area contributed by atoms with Crippen LogP contribution in [0.2, 0.25) is 10.0 Å². The van der Waals surface area contributed by atoms with Gasteiger partial charge in [-0.25, -0.2) is 0 Å². The first-order valence-corrected chi connectivity index (χ1v) is 7.12. The maximum Gasteiger partial charge on any atom is 0.312 e. The molecular formula is C12H15Cl2NO3S. The molecule has 0 bridgehead atoms. The predicted molar refractivity (Wildman–Crippen MR) is 80.8 cm³/mol. The topological polar surface area (TPSA) is 52.4 Å². The molecule has 0 aliphatic heterocycles. The number of benzene rings is 1. The highest BCUT2D eigenvalue weighted by atomic mass is 35.5. The van der Waals surface area contributed by atoms with Gasteiger partial charge in [0.2, 0.25) is 0 Å². The van der Waals surface area contributed by atoms with Gasteiger partial charge < -0.3 is 4.74 Å². The van der Waals surface area contributed by atoms with E-state index in [9.17, 15) is 10.1 Å². The molecule has 0 N–H and O–H groups in total. The molecule has 0 radical (unpaired) electrons. The van der Waals surface area contributed by atoms with Crippen LogP contribution in [0.25, 0.3) is 0 Å². The van der Waals surface area contributed by atoms with Crippen LogP contribution >= 0.6 is 35.8 Å². The summed E-state index contributed by atoms with van der Waals surface area (Å²) in [5.41, 5.74) is -0.184. The van der Waals surface area contributed by atoms with Crippen LogP contribution in [-0.4, -0.2) is 17.3 Å². The first-order valence-electron chi connectivity index (χ1n) is 5.73. The van der Waals surface area contributed by atoms with Crippen molar-refractivity contribution in [1.82, 2.24) is 0 Å². The molecule has 4 nitrogen and oxygen atoms in total. The van der Waals surface area contributed by atoms with Crippen LogP contribution in [-0.2, 0) is 0 Å². The Hall–Kier alpha value is -0.650. The Morgan fingerprint density at radius 1 is 1.37 bits per heavy atom. The molecule has 1 rings (SSSR count). The Morgan fingerprint density at radius 2 is 1.95 bits per heavy atom. The van der Waals surface area contributed by atoms with Crippen molar-refractivity contribution < 1.29 is 9.66 Å². The van der Waals surface area contributed by atoms with E-state index in [1.54, 1.807) is 0 Å². The second-order valence-electron chi connectivity index (χ2n) is 4.49. The molecule has 1 aromatic carbocycles. The number of ether oxygens (including phenoxy) is 1. The molecule has 19 heavy (non-hydrogen) atoms. The standard InChI is InChI=1S/C12H15Cl2NO3S/c1-7(2)8(6-19)5-18-12-4-10(14)9(13)3-11(12)15(16)17/h3-4,7-8,19H,5-6H2,1-2H3. The van der Waals surface area contributed by atoms with Crippen LogP contribution in [0.15, 0.2) is 12.1 Å². The molecule has 0 aromatic heterocycles. The van der Waals surface area contributed by atoms with Crippen LogP contribution in [0.1, 0.15) is 13.8 Å². The predicted octanol–water partition coefficient (Wildman–Crippen LogP) is 4.48. The number of hydrogen-bond acceptors (Lipinski definition) is 4. The minimum absolute atomic E-state index is 0.131. The number of hydrogen-bond donors (Lipinski definition) is 1. The van der Waals surface area contributed by atoms with Gasteiger partial charge in [-0.15, -0.1) is 0 Å². The molecular weight excluding hydrogens is 309 g/mol. The van der Waals surface area contributed by atoms with Gasteiger partial charge in [0.1, 0.15) is 0 Å². The van der Waals surface area contributed by atoms with Crippen molar-refractivity contribution >= 4 is 41.5 Å². The van der Waals surface area contributed by atoms with E-state index in [1.165, 1.54) is 12.1 Å². The van der Waals surface area contributed by atoms with E-state index in [0.717, 1.165) is 0 Å². The number of nitrogens with zero attached hydrogens (tertiary/aromatic N) is 1. The highest BCUT2D eigenvalue weighted by Gasteiger charge is 2.20. The van der Waals surface area contributed by atoms with Crippen LogP contribution in [0, 0.1) is 22.0 Å². The minimum atomic E-state index is -0.539. The summed E-state index contributed by atoms with van der Waals surface area (Å²) in [4.78, 5) is 10.4. The Labute approximate surface area is 127 Å². The summed E-state index contributed by atoms with van der Waals surface area (Å²) in [7, 11) is 0. The largest absolute Gasteiger partial charge is 0.486 e. The number of rotatable bonds is 6. The van der Waals surface area contributed by atoms with E-state index in [4.69, 9.17) is 27.9 Å². The summed E-state index contributed by atoms with van der Waals surface area (Å²) >= 11 is 15.9. The minimum Gasteiger partial charge on any atom is -0.486 e. The molecule has 0 amide bonds. The Bertz CT molecular complexity index is 469. The summed E-state index contributed by atoms with van der Waals surface area (Å²) in [5.74, 6) is 1.36. The molecule has 0 saturated carbocycles. The number of thiol groups is 1. The zero-order chi connectivity index (χ0) is 14.6. The maximum absolute atomic E-state index is 10.9. The molecule has 1 aromatic rings. The van der Waals surface area contributed by atoms with Crippen molar-refractivity contribution in [3.63, 3.8) is 0 Å². The molecule has 0 aliphatic rings. The fourth-order valence-corrected chi connectivity index (χ4v) is 2.27. The summed E-state index contributed by atoms with van der Waals surface area (Å²) in [6.45, 7) is 4.45. The SMILES string of the molecule is CC(C)C(CS)COc1cc(Cl)c(Cl)cc1[N+](=O)[O-]. The Balaban J connectivity index is 2.94. The van der Waals surface area contributed by atoms with Gasteiger partial charge >= 0.3 is 5.69 Å². The normalized spacial score (nSPS) is 12.5. The van der Waals surface area contributed by atoms with Crippen molar-refractivity contribution in [1.29, 1.82) is 0 Å². The van der Waals surface area contributed by atoms with Crippen LogP contribution in [0.4, 0.5) is 5.69 Å². The van der Waals surface area contributed by atoms with Gasteiger partial charge in [-0.2, -0.15) is 12.6 Å². The van der Waals surface area contributed by atoms with E-state index in [1.807, 2.05) is 13.8 Å². The van der Waals surface area contributed by atoms with Gasteiger partial charge in [0, 0.05) is 18.1 Å². The molecule has 0 heterocycles. The van der Waals surface area contributed by atoms with Crippen molar-refractivity contribution in [2.45, 2.75) is 13.8 Å². The zero-order valence-corrected chi connectivity index (χ0v) is 13.0. The summed E-state index contributed by atoms with van der Waals surface area (Å²) < 4.78 is 5.51. The fourth-order valence-electron chi connectivity index (χ4n) is 1.43. The lowest BCUT2D eigenvalue weighted by molar-refractivity contribution is -0.385. The lowest BCUT2D eigenvalue weighted by Crippen LogP contribution is -2.19. The van der Waals surface area contributed by atoms with E-state index in [-0.39, 0.29) is 27.4 Å². The third-order valence-electron chi connectivity index (χ3n) is 2.83. The number of nitro benzene ring substituents is 1. The summed E-state index contributed by atoms with van der Waals surface area (Å²) in [6, 6.07) is 2.57. The molecule has 106 valence electrons. The maximum atomic E-state index is 10.9. The van der Waals surface area contributed by atoms with Crippen molar-refractivity contribution in [2.24, 2.45) is 11.8 Å². The highest BCUT2D eigenvalue weighted by molar-refractivity contribution is 7.80. The molecule has 1 atom stereocenters. The number of nitro groups is 1. The monoisotopic (exact) mass is 323 g/mol. The van der Waals surface area contributed by atoms with Crippen molar-refractivity contribution in [3.8, 4) is 5.75 Å². The van der Waals surface area contributed by atoms with Gasteiger partial charge in [0.15, 0.2) is 5.75 Å². The highest BCUT2D eigenvalue weighted by Crippen LogP contribution is 2.36. The third-order valence-corrected chi connectivity index (χ3v) is 4.02. The first-order chi connectivity index (χ1) is 8.86. The van der Waals surface area contributed by atoms with Gasteiger partial charge in [0.05, 0.1) is 21.6 Å². The summed E-state index contributed by atoms with van der Waals surface area (Å²) in [6.07, 6.45) is 0. The van der Waals surface area contributed by atoms with Crippen molar-refractivity contribution in [2.75, 3.05) is 12.4 Å². The second-order valence-corrected chi connectivity index (χ2v) is 5.67. The van der Waals surface area contributed by atoms with E-state index < -0.39 is 4.92 Å². The van der Waals surface area contributed by atoms with Crippen LogP contribution in [0.5, 0.6) is 5.75 Å². The van der Waals surface area contributed by atoms with E-state index >= 15 is 0 Å². The van der Waals surface area contributed by atoms with Crippen LogP contribution in [0.3, 0.4) is 0 Å². The zero-order valence-electron chi connectivity index (χ0n) is 10.6. The van der Waals surface area contributed by atoms with Crippen molar-refractivity contribution in [3.05, 3.63) is 32.3 Å². The van der Waals surface area contributed by atoms with Gasteiger partial charge in [-0.3, -0.25) is 10.1 Å². The molecule has 0 saturated heterocycles. The Morgan fingerprint density at radius 3 is 2.42 bits per heavy atom. The van der Waals surface area contributed by atoms with Gasteiger partial charge in [-0.1, -0.05) is 37.0 Å². The quantitative estimate of drug-likeness (QED) is 0.477. The Kier molecular flexibility index (Phi) is 6.23. The molecule has 7 heteroatoms. The molecule has 0 spiro atoms. The lowest BCUT2D eigenvalue weighted by atomic mass is 9.99. The average molecular weight is 324 g/mol. The van der Waals surface area contributed by atoms with Gasteiger partial charge in [-0.05, 0) is 11.7 Å². The van der Waals surface area contributed by atoms with Crippen LogP contribution < -0.4 is 4.74 Å².